The lowest BCUT2D eigenvalue weighted by Gasteiger charge is -2.07. The summed E-state index contributed by atoms with van der Waals surface area (Å²) in [5, 5.41) is 0. The summed E-state index contributed by atoms with van der Waals surface area (Å²) in [6.07, 6.45) is 0. The molecule has 0 fully saturated rings. The van der Waals surface area contributed by atoms with Crippen molar-refractivity contribution in [2.75, 3.05) is 18.0 Å². The predicted molar refractivity (Wildman–Crippen MR) is 51.8 cm³/mol. The Bertz CT molecular complexity index is 442. The minimum atomic E-state index is -3.08. The Morgan fingerprint density at radius 1 is 1.25 bits per heavy atom. The minimum absolute atomic E-state index is 0.404. The Kier molecular flexibility index (Phi) is 4.41. The van der Waals surface area contributed by atoms with Crippen LogP contribution in [0.2, 0.25) is 0 Å². The van der Waals surface area contributed by atoms with Gasteiger partial charge in [0.25, 0.3) is 0 Å². The smallest absolute Gasteiger partial charge is 0.222 e. The van der Waals surface area contributed by atoms with Gasteiger partial charge in [-0.25, -0.2) is 21.6 Å². The molecule has 1 aromatic carbocycles. The second kappa shape index (κ2) is 5.59. The number of thiol groups is 1. The van der Waals surface area contributed by atoms with Gasteiger partial charge >= 0.3 is 0 Å². The lowest BCUT2D eigenvalue weighted by molar-refractivity contribution is 0.261. The molecule has 0 aliphatic heterocycles. The molecular formula is C8H8F3NO3S. The Balaban J connectivity index is 2.96. The molecule has 1 N–H and O–H groups in total. The van der Waals surface area contributed by atoms with Crippen LogP contribution in [-0.4, -0.2) is 21.7 Å². The molecule has 1 aromatic rings. The van der Waals surface area contributed by atoms with Gasteiger partial charge < -0.3 is 4.74 Å². The van der Waals surface area contributed by atoms with Crippen LogP contribution >= 0.6 is 0 Å². The summed E-state index contributed by atoms with van der Waals surface area (Å²) in [5.74, 6) is -2.45. The third-order valence-corrected chi connectivity index (χ3v) is 1.99. The van der Waals surface area contributed by atoms with Crippen LogP contribution in [0.1, 0.15) is 0 Å². The summed E-state index contributed by atoms with van der Waals surface area (Å²) < 4.78 is 64.8. The molecule has 0 aliphatic carbocycles. The molecule has 90 valence electrons. The average molecular weight is 255 g/mol. The molecular weight excluding hydrogens is 247 g/mol. The van der Waals surface area contributed by atoms with Gasteiger partial charge in [0.2, 0.25) is 10.9 Å². The molecule has 16 heavy (non-hydrogen) atoms. The van der Waals surface area contributed by atoms with Gasteiger partial charge in [-0.2, -0.15) is 0 Å². The maximum atomic E-state index is 13.2. The van der Waals surface area contributed by atoms with E-state index in [-0.39, 0.29) is 0 Å². The highest BCUT2D eigenvalue weighted by Crippen LogP contribution is 2.24. The van der Waals surface area contributed by atoms with Crippen molar-refractivity contribution >= 4 is 16.6 Å². The number of halogens is 3. The number of alkyl halides is 1. The molecule has 0 bridgehead atoms. The summed E-state index contributed by atoms with van der Waals surface area (Å²) in [6, 6.07) is 1.26. The minimum Gasteiger partial charge on any atom is -0.488 e. The molecule has 0 aromatic heterocycles. The zero-order valence-corrected chi connectivity index (χ0v) is 8.77. The van der Waals surface area contributed by atoms with Gasteiger partial charge in [0.05, 0.1) is 5.69 Å². The Labute approximate surface area is 91.1 Å². The van der Waals surface area contributed by atoms with Crippen molar-refractivity contribution in [1.82, 2.24) is 0 Å². The summed E-state index contributed by atoms with van der Waals surface area (Å²) >= 11 is 0. The molecule has 0 saturated carbocycles. The second-order valence-corrected chi connectivity index (χ2v) is 3.41. The number of nitrogens with one attached hydrogen (secondary N) is 1. The second-order valence-electron chi connectivity index (χ2n) is 2.67. The number of anilines is 1. The average Bonchev–Trinajstić information content (AvgIpc) is 2.20. The SMILES string of the molecule is O=[SH](=O)Nc1cc(F)c(OCCF)cc1F. The molecule has 0 radical (unpaired) electrons. The van der Waals surface area contributed by atoms with Crippen LogP contribution in [0.5, 0.6) is 5.75 Å². The Hall–Kier alpha value is -1.44. The fourth-order valence-electron chi connectivity index (χ4n) is 0.972. The fourth-order valence-corrected chi connectivity index (χ4v) is 1.34. The number of benzene rings is 1. The normalized spacial score (nSPS) is 10.5. The summed E-state index contributed by atoms with van der Waals surface area (Å²) in [6.45, 7) is -1.24. The highest BCUT2D eigenvalue weighted by molar-refractivity contribution is 7.73. The summed E-state index contributed by atoms with van der Waals surface area (Å²) in [7, 11) is -3.08. The number of hydrogen-bond donors (Lipinski definition) is 2. The third kappa shape index (κ3) is 3.30. The standard InChI is InChI=1S/C8H8F3NO3S/c9-1-2-15-8-4-5(10)7(3-6(8)11)12-16(13)14/h3-4,16H,1-2H2,(H,12,13,14). The first kappa shape index (κ1) is 12.6. The molecule has 0 unspecified atom stereocenters. The fraction of sp³-hybridized carbons (Fsp3) is 0.250. The van der Waals surface area contributed by atoms with Crippen LogP contribution in [0.25, 0.3) is 0 Å². The summed E-state index contributed by atoms with van der Waals surface area (Å²) in [5.41, 5.74) is -0.527. The number of ether oxygens (including phenoxy) is 1. The molecule has 1 rings (SSSR count). The zero-order chi connectivity index (χ0) is 12.1. The quantitative estimate of drug-likeness (QED) is 0.779. The van der Waals surface area contributed by atoms with Crippen molar-refractivity contribution in [2.24, 2.45) is 0 Å². The Morgan fingerprint density at radius 3 is 2.50 bits per heavy atom. The van der Waals surface area contributed by atoms with E-state index < -0.39 is 47.2 Å². The van der Waals surface area contributed by atoms with Gasteiger partial charge in [0.1, 0.15) is 13.3 Å². The zero-order valence-electron chi connectivity index (χ0n) is 7.87. The lowest BCUT2D eigenvalue weighted by atomic mass is 10.3. The predicted octanol–water partition coefficient (Wildman–Crippen LogP) is 1.25. The van der Waals surface area contributed by atoms with Gasteiger partial charge in [-0.3, -0.25) is 4.72 Å². The van der Waals surface area contributed by atoms with E-state index in [0.717, 1.165) is 0 Å². The molecule has 4 nitrogen and oxygen atoms in total. The lowest BCUT2D eigenvalue weighted by Crippen LogP contribution is -2.04. The van der Waals surface area contributed by atoms with Crippen molar-refractivity contribution in [3.05, 3.63) is 23.8 Å². The van der Waals surface area contributed by atoms with Crippen molar-refractivity contribution < 1.29 is 26.3 Å². The topological polar surface area (TPSA) is 55.4 Å². The first-order valence-corrected chi connectivity index (χ1v) is 5.31. The monoisotopic (exact) mass is 255 g/mol. The first-order valence-electron chi connectivity index (χ1n) is 4.13. The molecule has 8 heteroatoms. The molecule has 0 saturated heterocycles. The van der Waals surface area contributed by atoms with Crippen molar-refractivity contribution in [1.29, 1.82) is 0 Å². The van der Waals surface area contributed by atoms with E-state index in [0.29, 0.717) is 12.1 Å². The van der Waals surface area contributed by atoms with Crippen LogP contribution in [0.15, 0.2) is 12.1 Å². The van der Waals surface area contributed by atoms with Crippen LogP contribution < -0.4 is 9.46 Å². The van der Waals surface area contributed by atoms with Crippen LogP contribution in [0.3, 0.4) is 0 Å². The van der Waals surface area contributed by atoms with E-state index in [4.69, 9.17) is 0 Å². The first-order chi connectivity index (χ1) is 7.54. The molecule has 0 spiro atoms. The Morgan fingerprint density at radius 2 is 1.94 bits per heavy atom. The number of rotatable bonds is 5. The molecule has 0 aliphatic rings. The van der Waals surface area contributed by atoms with E-state index in [1.165, 1.54) is 0 Å². The van der Waals surface area contributed by atoms with Crippen LogP contribution in [-0.2, 0) is 10.9 Å². The highest BCUT2D eigenvalue weighted by Gasteiger charge is 2.11. The molecule has 0 atom stereocenters. The van der Waals surface area contributed by atoms with E-state index in [9.17, 15) is 21.6 Å². The largest absolute Gasteiger partial charge is 0.488 e. The summed E-state index contributed by atoms with van der Waals surface area (Å²) in [4.78, 5) is 0. The van der Waals surface area contributed by atoms with E-state index in [1.54, 1.807) is 4.72 Å². The van der Waals surface area contributed by atoms with Gasteiger partial charge in [-0.05, 0) is 0 Å². The van der Waals surface area contributed by atoms with Crippen molar-refractivity contribution in [2.45, 2.75) is 0 Å². The van der Waals surface area contributed by atoms with E-state index in [2.05, 4.69) is 4.74 Å². The maximum Gasteiger partial charge on any atom is 0.222 e. The van der Waals surface area contributed by atoms with Crippen molar-refractivity contribution in [3.8, 4) is 5.75 Å². The van der Waals surface area contributed by atoms with Gasteiger partial charge in [-0.15, -0.1) is 0 Å². The third-order valence-electron chi connectivity index (χ3n) is 1.57. The molecule has 0 heterocycles. The van der Waals surface area contributed by atoms with Gasteiger partial charge in [-0.1, -0.05) is 0 Å². The van der Waals surface area contributed by atoms with Crippen molar-refractivity contribution in [3.63, 3.8) is 0 Å². The van der Waals surface area contributed by atoms with Crippen LogP contribution in [0, 0.1) is 11.6 Å². The van der Waals surface area contributed by atoms with E-state index >= 15 is 0 Å². The maximum absolute atomic E-state index is 13.2. The number of hydrogen-bond acceptors (Lipinski definition) is 3. The highest BCUT2D eigenvalue weighted by atomic mass is 32.2. The molecule has 0 amide bonds. The van der Waals surface area contributed by atoms with Crippen LogP contribution in [0.4, 0.5) is 18.9 Å². The van der Waals surface area contributed by atoms with Gasteiger partial charge in [0, 0.05) is 12.1 Å². The van der Waals surface area contributed by atoms with Gasteiger partial charge in [0.15, 0.2) is 17.4 Å². The van der Waals surface area contributed by atoms with E-state index in [1.807, 2.05) is 0 Å².